The van der Waals surface area contributed by atoms with Gasteiger partial charge in [-0.25, -0.2) is 9.97 Å². The maximum Gasteiger partial charge on any atom is 0.312 e. The van der Waals surface area contributed by atoms with E-state index in [2.05, 4.69) is 15.3 Å². The summed E-state index contributed by atoms with van der Waals surface area (Å²) in [6.07, 6.45) is 3.36. The Bertz CT molecular complexity index is 462. The Hall–Kier alpha value is -1.89. The second-order valence-electron chi connectivity index (χ2n) is 4.27. The first-order valence-corrected chi connectivity index (χ1v) is 6.91. The van der Waals surface area contributed by atoms with Crippen LogP contribution < -0.4 is 10.2 Å². The predicted molar refractivity (Wildman–Crippen MR) is 74.6 cm³/mol. The van der Waals surface area contributed by atoms with Gasteiger partial charge in [0.25, 0.3) is 0 Å². The van der Waals surface area contributed by atoms with Crippen LogP contribution in [0.25, 0.3) is 0 Å². The largest absolute Gasteiger partial charge is 0.347 e. The number of carbonyl (C=O) groups excluding carboxylic acids is 2. The zero-order chi connectivity index (χ0) is 14.4. The molecule has 1 fully saturated rings. The fraction of sp³-hybridized carbons (Fsp3) is 0.500. The first-order chi connectivity index (χ1) is 9.72. The van der Waals surface area contributed by atoms with Crippen molar-refractivity contribution in [1.82, 2.24) is 20.2 Å². The van der Waals surface area contributed by atoms with Gasteiger partial charge >= 0.3 is 11.8 Å². The summed E-state index contributed by atoms with van der Waals surface area (Å²) in [5, 5.41) is 2.47. The number of amides is 2. The fourth-order valence-corrected chi connectivity index (χ4v) is 2.04. The quantitative estimate of drug-likeness (QED) is 0.600. The van der Waals surface area contributed by atoms with E-state index in [1.54, 1.807) is 18.5 Å². The van der Waals surface area contributed by atoms with Gasteiger partial charge in [-0.3, -0.25) is 9.59 Å². The monoisotopic (exact) mass is 297 g/mol. The molecule has 1 aliphatic heterocycles. The Kier molecular flexibility index (Phi) is 5.11. The van der Waals surface area contributed by atoms with Gasteiger partial charge in [-0.15, -0.1) is 11.6 Å². The number of anilines is 1. The van der Waals surface area contributed by atoms with E-state index in [1.165, 1.54) is 4.90 Å². The van der Waals surface area contributed by atoms with Crippen molar-refractivity contribution in [2.45, 2.75) is 0 Å². The summed E-state index contributed by atoms with van der Waals surface area (Å²) in [4.78, 5) is 35.3. The predicted octanol–water partition coefficient (Wildman–Crippen LogP) is -0.520. The zero-order valence-electron chi connectivity index (χ0n) is 11.0. The highest BCUT2D eigenvalue weighted by molar-refractivity contribution is 6.35. The maximum absolute atomic E-state index is 11.9. The second kappa shape index (κ2) is 7.04. The standard InChI is InChI=1S/C12H16ClN5O2/c13-2-5-14-10(19)11(20)17-6-8-18(9-7-17)12-15-3-1-4-16-12/h1,3-4H,2,5-9H2,(H,14,19). The van der Waals surface area contributed by atoms with Gasteiger partial charge in [0, 0.05) is 51.0 Å². The third-order valence-electron chi connectivity index (χ3n) is 2.98. The summed E-state index contributed by atoms with van der Waals surface area (Å²) < 4.78 is 0. The lowest BCUT2D eigenvalue weighted by Gasteiger charge is -2.34. The number of carbonyl (C=O) groups is 2. The summed E-state index contributed by atoms with van der Waals surface area (Å²) in [6, 6.07) is 1.75. The molecule has 8 heteroatoms. The molecule has 0 aliphatic carbocycles. The molecule has 1 aliphatic rings. The van der Waals surface area contributed by atoms with Crippen molar-refractivity contribution in [3.63, 3.8) is 0 Å². The van der Waals surface area contributed by atoms with E-state index in [4.69, 9.17) is 11.6 Å². The molecular formula is C12H16ClN5O2. The maximum atomic E-state index is 11.9. The van der Waals surface area contributed by atoms with Gasteiger partial charge in [0.1, 0.15) is 0 Å². The smallest absolute Gasteiger partial charge is 0.312 e. The molecule has 108 valence electrons. The summed E-state index contributed by atoms with van der Waals surface area (Å²) >= 11 is 5.46. The van der Waals surface area contributed by atoms with Crippen molar-refractivity contribution in [1.29, 1.82) is 0 Å². The molecule has 20 heavy (non-hydrogen) atoms. The minimum absolute atomic E-state index is 0.290. The lowest BCUT2D eigenvalue weighted by molar-refractivity contribution is -0.146. The minimum atomic E-state index is -0.602. The molecule has 0 atom stereocenters. The minimum Gasteiger partial charge on any atom is -0.347 e. The molecule has 7 nitrogen and oxygen atoms in total. The average Bonchev–Trinajstić information content (AvgIpc) is 2.53. The van der Waals surface area contributed by atoms with E-state index < -0.39 is 11.8 Å². The van der Waals surface area contributed by atoms with E-state index in [9.17, 15) is 9.59 Å². The third-order valence-corrected chi connectivity index (χ3v) is 3.17. The van der Waals surface area contributed by atoms with Crippen molar-refractivity contribution >= 4 is 29.4 Å². The van der Waals surface area contributed by atoms with Crippen molar-refractivity contribution in [3.05, 3.63) is 18.5 Å². The second-order valence-corrected chi connectivity index (χ2v) is 4.65. The van der Waals surface area contributed by atoms with E-state index in [1.807, 2.05) is 4.90 Å². The molecule has 1 saturated heterocycles. The Morgan fingerprint density at radius 2 is 1.85 bits per heavy atom. The number of halogens is 1. The van der Waals surface area contributed by atoms with Crippen LogP contribution in [0.3, 0.4) is 0 Å². The molecule has 2 heterocycles. The fourth-order valence-electron chi connectivity index (χ4n) is 1.94. The Morgan fingerprint density at radius 1 is 1.20 bits per heavy atom. The van der Waals surface area contributed by atoms with Crippen LogP contribution in [0.1, 0.15) is 0 Å². The van der Waals surface area contributed by atoms with Gasteiger partial charge in [-0.1, -0.05) is 0 Å². The number of rotatable bonds is 3. The zero-order valence-corrected chi connectivity index (χ0v) is 11.7. The van der Waals surface area contributed by atoms with Crippen LogP contribution in [0.15, 0.2) is 18.5 Å². The van der Waals surface area contributed by atoms with Gasteiger partial charge in [-0.2, -0.15) is 0 Å². The number of hydrogen-bond donors (Lipinski definition) is 1. The van der Waals surface area contributed by atoms with E-state index in [0.717, 1.165) is 0 Å². The lowest BCUT2D eigenvalue weighted by Crippen LogP contribution is -2.53. The van der Waals surface area contributed by atoms with E-state index >= 15 is 0 Å². The van der Waals surface area contributed by atoms with Crippen LogP contribution in [-0.2, 0) is 9.59 Å². The topological polar surface area (TPSA) is 78.4 Å². The van der Waals surface area contributed by atoms with Crippen LogP contribution in [0, 0.1) is 0 Å². The highest BCUT2D eigenvalue weighted by Crippen LogP contribution is 2.09. The van der Waals surface area contributed by atoms with Crippen LogP contribution in [-0.4, -0.2) is 65.3 Å². The molecule has 0 bridgehead atoms. The number of nitrogens with zero attached hydrogens (tertiary/aromatic N) is 4. The van der Waals surface area contributed by atoms with E-state index in [-0.39, 0.29) is 5.88 Å². The highest BCUT2D eigenvalue weighted by Gasteiger charge is 2.26. The molecule has 0 aromatic carbocycles. The molecule has 1 N–H and O–H groups in total. The molecule has 1 aromatic heterocycles. The lowest BCUT2D eigenvalue weighted by atomic mass is 10.3. The van der Waals surface area contributed by atoms with Gasteiger partial charge in [0.2, 0.25) is 5.95 Å². The van der Waals surface area contributed by atoms with Crippen LogP contribution in [0.5, 0.6) is 0 Å². The molecule has 1 aromatic rings. The van der Waals surface area contributed by atoms with Crippen LogP contribution >= 0.6 is 11.6 Å². The van der Waals surface area contributed by atoms with Gasteiger partial charge in [-0.05, 0) is 6.07 Å². The highest BCUT2D eigenvalue weighted by atomic mass is 35.5. The molecule has 0 spiro atoms. The summed E-state index contributed by atoms with van der Waals surface area (Å²) in [7, 11) is 0. The first kappa shape index (κ1) is 14.5. The SMILES string of the molecule is O=C(NCCCl)C(=O)N1CCN(c2ncccn2)CC1. The molecule has 2 rings (SSSR count). The van der Waals surface area contributed by atoms with Crippen LogP contribution in [0.2, 0.25) is 0 Å². The number of alkyl halides is 1. The molecule has 2 amide bonds. The number of piperazine rings is 1. The van der Waals surface area contributed by atoms with Gasteiger partial charge in [0.05, 0.1) is 0 Å². The first-order valence-electron chi connectivity index (χ1n) is 6.37. The van der Waals surface area contributed by atoms with Crippen molar-refractivity contribution in [2.24, 2.45) is 0 Å². The van der Waals surface area contributed by atoms with Crippen molar-refractivity contribution in [3.8, 4) is 0 Å². The third kappa shape index (κ3) is 3.57. The average molecular weight is 298 g/mol. The molecule has 0 saturated carbocycles. The summed E-state index contributed by atoms with van der Waals surface area (Å²) in [5.41, 5.74) is 0. The molecule has 0 unspecified atom stereocenters. The number of aromatic nitrogens is 2. The number of nitrogens with one attached hydrogen (secondary N) is 1. The van der Waals surface area contributed by atoms with E-state index in [0.29, 0.717) is 38.7 Å². The van der Waals surface area contributed by atoms with Gasteiger partial charge in [0.15, 0.2) is 0 Å². The Labute approximate surface area is 121 Å². The van der Waals surface area contributed by atoms with Crippen LogP contribution in [0.4, 0.5) is 5.95 Å². The van der Waals surface area contributed by atoms with Gasteiger partial charge < -0.3 is 15.1 Å². The Morgan fingerprint density at radius 3 is 2.45 bits per heavy atom. The normalized spacial score (nSPS) is 15.1. The Balaban J connectivity index is 1.85. The van der Waals surface area contributed by atoms with Crippen molar-refractivity contribution in [2.75, 3.05) is 43.5 Å². The molecular weight excluding hydrogens is 282 g/mol. The van der Waals surface area contributed by atoms with Crippen molar-refractivity contribution < 1.29 is 9.59 Å². The molecule has 0 radical (unpaired) electrons. The number of hydrogen-bond acceptors (Lipinski definition) is 5. The summed E-state index contributed by atoms with van der Waals surface area (Å²) in [5.74, 6) is -0.178. The summed E-state index contributed by atoms with van der Waals surface area (Å²) in [6.45, 7) is 2.47.